The first-order valence-corrected chi connectivity index (χ1v) is 11.4. The molecule has 6 rings (SSSR count). The summed E-state index contributed by atoms with van der Waals surface area (Å²) >= 11 is 6.44. The molecule has 2 heterocycles. The first-order chi connectivity index (χ1) is 16.3. The van der Waals surface area contributed by atoms with Gasteiger partial charge in [-0.05, 0) is 35.4 Å². The van der Waals surface area contributed by atoms with Gasteiger partial charge in [0.05, 0.1) is 22.2 Å². The minimum absolute atomic E-state index is 0.719. The molecule has 0 aliphatic rings. The second-order valence-corrected chi connectivity index (χ2v) is 8.65. The SMILES string of the molecule is Clc1ccc2c(c1)c1nc(-c3ccccc3)c(-c3ccccc3)cc1n2Cc1ccccc1. The van der Waals surface area contributed by atoms with Gasteiger partial charge in [-0.25, -0.2) is 4.98 Å². The highest BCUT2D eigenvalue weighted by molar-refractivity contribution is 6.31. The number of fused-ring (bicyclic) bond motifs is 3. The number of pyridine rings is 1. The van der Waals surface area contributed by atoms with E-state index in [1.807, 2.05) is 24.3 Å². The molecular formula is C30H21ClN2. The second-order valence-electron chi connectivity index (χ2n) is 8.22. The molecule has 0 amide bonds. The summed E-state index contributed by atoms with van der Waals surface area (Å²) in [6.07, 6.45) is 0. The molecule has 0 spiro atoms. The Morgan fingerprint density at radius 1 is 0.636 bits per heavy atom. The molecule has 2 nitrogen and oxygen atoms in total. The summed E-state index contributed by atoms with van der Waals surface area (Å²) in [7, 11) is 0. The maximum absolute atomic E-state index is 6.44. The molecule has 0 N–H and O–H groups in total. The zero-order valence-corrected chi connectivity index (χ0v) is 18.7. The normalized spacial score (nSPS) is 11.3. The lowest BCUT2D eigenvalue weighted by molar-refractivity contribution is 0.868. The summed E-state index contributed by atoms with van der Waals surface area (Å²) in [6, 6.07) is 39.8. The molecule has 0 aliphatic carbocycles. The van der Waals surface area contributed by atoms with E-state index >= 15 is 0 Å². The van der Waals surface area contributed by atoms with Gasteiger partial charge in [0.2, 0.25) is 0 Å². The zero-order chi connectivity index (χ0) is 22.2. The van der Waals surface area contributed by atoms with Gasteiger partial charge in [0, 0.05) is 28.1 Å². The fraction of sp³-hybridized carbons (Fsp3) is 0.0333. The fourth-order valence-electron chi connectivity index (χ4n) is 4.56. The van der Waals surface area contributed by atoms with E-state index in [2.05, 4.69) is 95.6 Å². The molecule has 33 heavy (non-hydrogen) atoms. The van der Waals surface area contributed by atoms with E-state index < -0.39 is 0 Å². The van der Waals surface area contributed by atoms with E-state index in [0.717, 1.165) is 55.9 Å². The fourth-order valence-corrected chi connectivity index (χ4v) is 4.73. The monoisotopic (exact) mass is 444 g/mol. The molecule has 2 aromatic heterocycles. The summed E-state index contributed by atoms with van der Waals surface area (Å²) in [5.74, 6) is 0. The standard InChI is InChI=1S/C30H21ClN2/c31-24-16-17-27-26(18-24)30-28(33(27)20-21-10-4-1-5-11-21)19-25(22-12-6-2-7-13-22)29(32-30)23-14-8-3-9-15-23/h1-19H,20H2. The van der Waals surface area contributed by atoms with E-state index in [4.69, 9.17) is 16.6 Å². The first kappa shape index (κ1) is 19.8. The molecule has 4 aromatic carbocycles. The van der Waals surface area contributed by atoms with Crippen molar-refractivity contribution < 1.29 is 0 Å². The van der Waals surface area contributed by atoms with Gasteiger partial charge in [-0.2, -0.15) is 0 Å². The van der Waals surface area contributed by atoms with Gasteiger partial charge in [0.15, 0.2) is 0 Å². The number of hydrogen-bond donors (Lipinski definition) is 0. The molecule has 0 radical (unpaired) electrons. The summed E-state index contributed by atoms with van der Waals surface area (Å²) in [6.45, 7) is 0.767. The van der Waals surface area contributed by atoms with Crippen LogP contribution in [0.15, 0.2) is 115 Å². The summed E-state index contributed by atoms with van der Waals surface area (Å²) in [5, 5.41) is 1.79. The molecule has 3 heteroatoms. The predicted octanol–water partition coefficient (Wildman–Crippen LogP) is 8.23. The van der Waals surface area contributed by atoms with Crippen molar-refractivity contribution in [2.75, 3.05) is 0 Å². The highest BCUT2D eigenvalue weighted by Crippen LogP contribution is 2.38. The Balaban J connectivity index is 1.70. The number of benzene rings is 4. The topological polar surface area (TPSA) is 17.8 Å². The number of nitrogens with zero attached hydrogens (tertiary/aromatic N) is 2. The molecule has 0 unspecified atom stereocenters. The van der Waals surface area contributed by atoms with Crippen molar-refractivity contribution in [3.05, 3.63) is 126 Å². The number of rotatable bonds is 4. The van der Waals surface area contributed by atoms with Gasteiger partial charge < -0.3 is 4.57 Å². The van der Waals surface area contributed by atoms with E-state index in [-0.39, 0.29) is 0 Å². The minimum atomic E-state index is 0.719. The lowest BCUT2D eigenvalue weighted by Gasteiger charge is -2.12. The summed E-state index contributed by atoms with van der Waals surface area (Å²) in [4.78, 5) is 5.27. The quantitative estimate of drug-likeness (QED) is 0.268. The van der Waals surface area contributed by atoms with Crippen molar-refractivity contribution in [1.82, 2.24) is 9.55 Å². The Kier molecular flexibility index (Phi) is 4.93. The number of aromatic nitrogens is 2. The van der Waals surface area contributed by atoms with Crippen molar-refractivity contribution in [3.8, 4) is 22.4 Å². The van der Waals surface area contributed by atoms with Gasteiger partial charge >= 0.3 is 0 Å². The average Bonchev–Trinajstić information content (AvgIpc) is 3.16. The summed E-state index contributed by atoms with van der Waals surface area (Å²) in [5.41, 5.74) is 8.82. The van der Waals surface area contributed by atoms with Gasteiger partial charge in [-0.3, -0.25) is 0 Å². The average molecular weight is 445 g/mol. The highest BCUT2D eigenvalue weighted by atomic mass is 35.5. The van der Waals surface area contributed by atoms with Crippen molar-refractivity contribution in [2.45, 2.75) is 6.54 Å². The van der Waals surface area contributed by atoms with Crippen LogP contribution in [0.4, 0.5) is 0 Å². The van der Waals surface area contributed by atoms with Crippen LogP contribution in [0.5, 0.6) is 0 Å². The Labute approximate surface area is 197 Å². The maximum Gasteiger partial charge on any atom is 0.0968 e. The number of halogens is 1. The Hall–Kier alpha value is -3.88. The maximum atomic E-state index is 6.44. The largest absolute Gasteiger partial charge is 0.335 e. The summed E-state index contributed by atoms with van der Waals surface area (Å²) < 4.78 is 2.35. The van der Waals surface area contributed by atoms with Crippen molar-refractivity contribution >= 4 is 33.5 Å². The molecule has 0 saturated carbocycles. The van der Waals surface area contributed by atoms with E-state index in [0.29, 0.717) is 0 Å². The Morgan fingerprint density at radius 2 is 1.27 bits per heavy atom. The molecule has 0 bridgehead atoms. The van der Waals surface area contributed by atoms with Gasteiger partial charge in [-0.15, -0.1) is 0 Å². The third kappa shape index (κ3) is 3.59. The zero-order valence-electron chi connectivity index (χ0n) is 17.9. The van der Waals surface area contributed by atoms with Gasteiger partial charge in [-0.1, -0.05) is 103 Å². The molecule has 0 atom stereocenters. The van der Waals surface area contributed by atoms with Gasteiger partial charge in [0.1, 0.15) is 0 Å². The van der Waals surface area contributed by atoms with Crippen LogP contribution in [0.1, 0.15) is 5.56 Å². The first-order valence-electron chi connectivity index (χ1n) is 11.1. The van der Waals surface area contributed by atoms with Crippen LogP contribution >= 0.6 is 11.6 Å². The molecule has 158 valence electrons. The van der Waals surface area contributed by atoms with E-state index in [1.165, 1.54) is 5.56 Å². The molecular weight excluding hydrogens is 424 g/mol. The van der Waals surface area contributed by atoms with Crippen LogP contribution < -0.4 is 0 Å². The van der Waals surface area contributed by atoms with Crippen LogP contribution in [0.25, 0.3) is 44.3 Å². The molecule has 0 aliphatic heterocycles. The second kappa shape index (κ2) is 8.23. The lowest BCUT2D eigenvalue weighted by atomic mass is 9.98. The van der Waals surface area contributed by atoms with E-state index in [9.17, 15) is 0 Å². The van der Waals surface area contributed by atoms with Crippen molar-refractivity contribution in [2.24, 2.45) is 0 Å². The van der Waals surface area contributed by atoms with Crippen LogP contribution in [-0.2, 0) is 6.54 Å². The van der Waals surface area contributed by atoms with Crippen molar-refractivity contribution in [1.29, 1.82) is 0 Å². The minimum Gasteiger partial charge on any atom is -0.335 e. The van der Waals surface area contributed by atoms with Gasteiger partial charge in [0.25, 0.3) is 0 Å². The smallest absolute Gasteiger partial charge is 0.0968 e. The molecule has 0 saturated heterocycles. The van der Waals surface area contributed by atoms with E-state index in [1.54, 1.807) is 0 Å². The molecule has 0 fully saturated rings. The lowest BCUT2D eigenvalue weighted by Crippen LogP contribution is -2.00. The van der Waals surface area contributed by atoms with Crippen LogP contribution in [0.3, 0.4) is 0 Å². The van der Waals surface area contributed by atoms with Crippen LogP contribution in [-0.4, -0.2) is 9.55 Å². The predicted molar refractivity (Wildman–Crippen MR) is 139 cm³/mol. The molecule has 6 aromatic rings. The Bertz CT molecular complexity index is 1570. The number of hydrogen-bond acceptors (Lipinski definition) is 1. The third-order valence-electron chi connectivity index (χ3n) is 6.11. The third-order valence-corrected chi connectivity index (χ3v) is 6.35. The Morgan fingerprint density at radius 3 is 1.97 bits per heavy atom. The van der Waals surface area contributed by atoms with Crippen LogP contribution in [0.2, 0.25) is 5.02 Å². The van der Waals surface area contributed by atoms with Crippen LogP contribution in [0, 0.1) is 0 Å². The highest BCUT2D eigenvalue weighted by Gasteiger charge is 2.18. The van der Waals surface area contributed by atoms with Crippen molar-refractivity contribution in [3.63, 3.8) is 0 Å².